The van der Waals surface area contributed by atoms with Crippen LogP contribution in [0.5, 0.6) is 5.75 Å². The number of hydrogen-bond acceptors (Lipinski definition) is 5. The molecular formula is C9H11NO4S. The normalized spacial score (nSPS) is 15.4. The fourth-order valence-electron chi connectivity index (χ4n) is 1.60. The first kappa shape index (κ1) is 10.3. The maximum absolute atomic E-state index is 11.0. The summed E-state index contributed by atoms with van der Waals surface area (Å²) in [7, 11) is -3.50. The van der Waals surface area contributed by atoms with Crippen molar-refractivity contribution >= 4 is 15.8 Å². The van der Waals surface area contributed by atoms with Gasteiger partial charge in [0.15, 0.2) is 0 Å². The standard InChI is InChI=1S/C9H11NO4S/c1-15(12,13)14-10-5-4-7-6-8(11)2-3-9(7)10/h2-3,6,11H,4-5H2,1H3. The van der Waals surface area contributed by atoms with Gasteiger partial charge in [0.1, 0.15) is 5.75 Å². The topological polar surface area (TPSA) is 66.8 Å². The molecule has 0 radical (unpaired) electrons. The molecule has 0 amide bonds. The Kier molecular flexibility index (Phi) is 2.32. The van der Waals surface area contributed by atoms with Gasteiger partial charge in [-0.15, -0.1) is 4.28 Å². The van der Waals surface area contributed by atoms with Gasteiger partial charge in [0.05, 0.1) is 18.5 Å². The van der Waals surface area contributed by atoms with E-state index in [1.165, 1.54) is 11.1 Å². The molecule has 2 rings (SSSR count). The molecule has 5 nitrogen and oxygen atoms in total. The first-order valence-electron chi connectivity index (χ1n) is 4.45. The molecule has 0 saturated heterocycles. The second kappa shape index (κ2) is 3.39. The van der Waals surface area contributed by atoms with E-state index in [-0.39, 0.29) is 5.75 Å². The van der Waals surface area contributed by atoms with E-state index in [4.69, 9.17) is 4.28 Å². The fourth-order valence-corrected chi connectivity index (χ4v) is 2.08. The van der Waals surface area contributed by atoms with Crippen LogP contribution in [0.1, 0.15) is 5.56 Å². The predicted molar refractivity (Wildman–Crippen MR) is 55.1 cm³/mol. The first-order chi connectivity index (χ1) is 6.96. The van der Waals surface area contributed by atoms with Crippen LogP contribution in [-0.4, -0.2) is 26.3 Å². The smallest absolute Gasteiger partial charge is 0.285 e. The lowest BCUT2D eigenvalue weighted by molar-refractivity contribution is 0.295. The molecule has 0 bridgehead atoms. The maximum atomic E-state index is 11.0. The lowest BCUT2D eigenvalue weighted by Gasteiger charge is -2.16. The molecule has 0 atom stereocenters. The van der Waals surface area contributed by atoms with E-state index in [9.17, 15) is 13.5 Å². The molecule has 1 aromatic carbocycles. The third kappa shape index (κ3) is 2.21. The number of aromatic hydroxyl groups is 1. The highest BCUT2D eigenvalue weighted by molar-refractivity contribution is 7.86. The van der Waals surface area contributed by atoms with Crippen molar-refractivity contribution < 1.29 is 17.8 Å². The Balaban J connectivity index is 2.29. The molecule has 0 aliphatic carbocycles. The molecule has 0 fully saturated rings. The number of benzene rings is 1. The van der Waals surface area contributed by atoms with E-state index < -0.39 is 10.1 Å². The van der Waals surface area contributed by atoms with E-state index in [0.717, 1.165) is 11.8 Å². The second-order valence-electron chi connectivity index (χ2n) is 3.44. The molecular weight excluding hydrogens is 218 g/mol. The molecule has 0 unspecified atom stereocenters. The lowest BCUT2D eigenvalue weighted by Crippen LogP contribution is -2.24. The van der Waals surface area contributed by atoms with Gasteiger partial charge in [0, 0.05) is 0 Å². The van der Waals surface area contributed by atoms with Crippen molar-refractivity contribution in [1.82, 2.24) is 0 Å². The van der Waals surface area contributed by atoms with Crippen LogP contribution in [0.15, 0.2) is 18.2 Å². The maximum Gasteiger partial charge on any atom is 0.285 e. The highest BCUT2D eigenvalue weighted by Crippen LogP contribution is 2.31. The Morgan fingerprint density at radius 1 is 1.47 bits per heavy atom. The van der Waals surface area contributed by atoms with Crippen LogP contribution < -0.4 is 5.06 Å². The Labute approximate surface area is 88.0 Å². The quantitative estimate of drug-likeness (QED) is 0.806. The second-order valence-corrected chi connectivity index (χ2v) is 5.00. The van der Waals surface area contributed by atoms with E-state index in [1.807, 2.05) is 0 Å². The third-order valence-corrected chi connectivity index (χ3v) is 2.59. The van der Waals surface area contributed by atoms with Crippen molar-refractivity contribution in [2.24, 2.45) is 0 Å². The molecule has 1 aliphatic heterocycles. The van der Waals surface area contributed by atoms with Crippen molar-refractivity contribution in [2.75, 3.05) is 17.9 Å². The molecule has 1 aromatic rings. The molecule has 1 heterocycles. The van der Waals surface area contributed by atoms with E-state index in [0.29, 0.717) is 18.7 Å². The minimum Gasteiger partial charge on any atom is -0.508 e. The van der Waals surface area contributed by atoms with Crippen molar-refractivity contribution in [2.45, 2.75) is 6.42 Å². The van der Waals surface area contributed by atoms with Gasteiger partial charge >= 0.3 is 0 Å². The first-order valence-corrected chi connectivity index (χ1v) is 6.26. The predicted octanol–water partition coefficient (Wildman–Crippen LogP) is 0.646. The minimum absolute atomic E-state index is 0.176. The van der Waals surface area contributed by atoms with Gasteiger partial charge < -0.3 is 5.11 Å². The van der Waals surface area contributed by atoms with E-state index in [1.54, 1.807) is 12.1 Å². The van der Waals surface area contributed by atoms with Gasteiger partial charge in [-0.2, -0.15) is 8.42 Å². The zero-order valence-electron chi connectivity index (χ0n) is 8.17. The molecule has 1 N–H and O–H groups in total. The molecule has 6 heteroatoms. The number of phenols is 1. The van der Waals surface area contributed by atoms with Gasteiger partial charge in [0.2, 0.25) is 0 Å². The molecule has 0 spiro atoms. The number of hydrogen-bond donors (Lipinski definition) is 1. The van der Waals surface area contributed by atoms with Gasteiger partial charge in [-0.3, -0.25) is 0 Å². The summed E-state index contributed by atoms with van der Waals surface area (Å²) in [6.45, 7) is 0.478. The Hall–Kier alpha value is -1.27. The summed E-state index contributed by atoms with van der Waals surface area (Å²) in [5.74, 6) is 0.176. The van der Waals surface area contributed by atoms with Gasteiger partial charge in [-0.1, -0.05) is 0 Å². The number of rotatable bonds is 2. The van der Waals surface area contributed by atoms with Crippen LogP contribution in [0.2, 0.25) is 0 Å². The number of hydroxylamine groups is 1. The Bertz CT molecular complexity index is 483. The van der Waals surface area contributed by atoms with Crippen LogP contribution in [0.4, 0.5) is 5.69 Å². The van der Waals surface area contributed by atoms with Crippen molar-refractivity contribution in [1.29, 1.82) is 0 Å². The summed E-state index contributed by atoms with van der Waals surface area (Å²) < 4.78 is 26.7. The van der Waals surface area contributed by atoms with Crippen molar-refractivity contribution in [3.63, 3.8) is 0 Å². The highest BCUT2D eigenvalue weighted by atomic mass is 32.2. The van der Waals surface area contributed by atoms with Crippen molar-refractivity contribution in [3.8, 4) is 5.75 Å². The van der Waals surface area contributed by atoms with Crippen LogP contribution >= 0.6 is 0 Å². The SMILES string of the molecule is CS(=O)(=O)ON1CCc2cc(O)ccc21. The summed E-state index contributed by atoms with van der Waals surface area (Å²) in [4.78, 5) is 0. The monoisotopic (exact) mass is 229 g/mol. The van der Waals surface area contributed by atoms with Crippen LogP contribution in [0, 0.1) is 0 Å². The van der Waals surface area contributed by atoms with Crippen molar-refractivity contribution in [3.05, 3.63) is 23.8 Å². The number of anilines is 1. The Morgan fingerprint density at radius 3 is 2.87 bits per heavy atom. The number of fused-ring (bicyclic) bond motifs is 1. The van der Waals surface area contributed by atoms with Crippen LogP contribution in [-0.2, 0) is 20.8 Å². The molecule has 1 aliphatic rings. The molecule has 0 aromatic heterocycles. The molecule has 82 valence electrons. The minimum atomic E-state index is -3.50. The third-order valence-electron chi connectivity index (χ3n) is 2.14. The lowest BCUT2D eigenvalue weighted by atomic mass is 10.1. The van der Waals surface area contributed by atoms with Gasteiger partial charge in [-0.25, -0.2) is 5.06 Å². The summed E-state index contributed by atoms with van der Waals surface area (Å²) in [5.41, 5.74) is 1.58. The molecule has 15 heavy (non-hydrogen) atoms. The zero-order valence-corrected chi connectivity index (χ0v) is 8.99. The fraction of sp³-hybridized carbons (Fsp3) is 0.333. The number of nitrogens with zero attached hydrogens (tertiary/aromatic N) is 1. The number of phenolic OH excluding ortho intramolecular Hbond substituents is 1. The average Bonchev–Trinajstić information content (AvgIpc) is 2.45. The van der Waals surface area contributed by atoms with E-state index >= 15 is 0 Å². The van der Waals surface area contributed by atoms with Crippen LogP contribution in [0.3, 0.4) is 0 Å². The van der Waals surface area contributed by atoms with Gasteiger partial charge in [-0.05, 0) is 30.2 Å². The van der Waals surface area contributed by atoms with Gasteiger partial charge in [0.25, 0.3) is 10.1 Å². The summed E-state index contributed by atoms with van der Waals surface area (Å²) in [6.07, 6.45) is 1.67. The summed E-state index contributed by atoms with van der Waals surface area (Å²) in [5, 5.41) is 10.6. The zero-order chi connectivity index (χ0) is 11.1. The molecule has 0 saturated carbocycles. The summed E-state index contributed by atoms with van der Waals surface area (Å²) in [6, 6.07) is 4.76. The largest absolute Gasteiger partial charge is 0.508 e. The van der Waals surface area contributed by atoms with Crippen LogP contribution in [0.25, 0.3) is 0 Å². The highest BCUT2D eigenvalue weighted by Gasteiger charge is 2.23. The Morgan fingerprint density at radius 2 is 2.20 bits per heavy atom. The van der Waals surface area contributed by atoms with E-state index in [2.05, 4.69) is 0 Å². The average molecular weight is 229 g/mol. The summed E-state index contributed by atoms with van der Waals surface area (Å²) >= 11 is 0.